The Kier molecular flexibility index (Phi) is 9.14. The molecule has 8 nitrogen and oxygen atoms in total. The van der Waals surface area contributed by atoms with Gasteiger partial charge in [-0.3, -0.25) is 14.9 Å². The topological polar surface area (TPSA) is 114 Å². The van der Waals surface area contributed by atoms with Crippen LogP contribution in [0.2, 0.25) is 15.1 Å². The summed E-state index contributed by atoms with van der Waals surface area (Å²) in [5.41, 5.74) is 0.789. The number of rotatable bonds is 9. The van der Waals surface area contributed by atoms with E-state index in [1.54, 1.807) is 30.3 Å². The van der Waals surface area contributed by atoms with Gasteiger partial charge in [-0.05, 0) is 48.4 Å². The number of ether oxygens (including phenoxy) is 2. The molecule has 0 heterocycles. The van der Waals surface area contributed by atoms with Gasteiger partial charge in [-0.15, -0.1) is 0 Å². The quantitative estimate of drug-likeness (QED) is 0.133. The lowest BCUT2D eigenvalue weighted by Gasteiger charge is -2.13. The molecule has 36 heavy (non-hydrogen) atoms. The smallest absolute Gasteiger partial charge is 0.272 e. The lowest BCUT2D eigenvalue weighted by atomic mass is 10.1. The van der Waals surface area contributed by atoms with E-state index in [9.17, 15) is 20.2 Å². The first-order valence-electron chi connectivity index (χ1n) is 10.4. The standard InChI is InChI=1S/C25H18Cl3N3O5/c1-2-35-23-10-16(5-8-22(23)36-14-15-3-6-18(26)7-4-15)9-17(13-29)25(32)30-24-20(27)11-19(31(33)34)12-21(24)28/h3-12H,2,14H2,1H3,(H,30,32)/b17-9+. The van der Waals surface area contributed by atoms with Crippen LogP contribution >= 0.6 is 34.8 Å². The van der Waals surface area contributed by atoms with Crippen LogP contribution in [0.1, 0.15) is 18.1 Å². The van der Waals surface area contributed by atoms with E-state index in [1.165, 1.54) is 6.08 Å². The van der Waals surface area contributed by atoms with Crippen molar-refractivity contribution < 1.29 is 19.2 Å². The van der Waals surface area contributed by atoms with Crippen molar-refractivity contribution in [3.8, 4) is 17.6 Å². The second kappa shape index (κ2) is 12.3. The number of non-ortho nitro benzene ring substituents is 1. The first-order valence-corrected chi connectivity index (χ1v) is 11.6. The molecule has 0 radical (unpaired) electrons. The third kappa shape index (κ3) is 6.89. The van der Waals surface area contributed by atoms with E-state index in [1.807, 2.05) is 25.1 Å². The molecule has 0 unspecified atom stereocenters. The van der Waals surface area contributed by atoms with E-state index in [0.717, 1.165) is 17.7 Å². The Morgan fingerprint density at radius 2 is 1.72 bits per heavy atom. The Morgan fingerprint density at radius 1 is 1.06 bits per heavy atom. The molecule has 184 valence electrons. The third-order valence-electron chi connectivity index (χ3n) is 4.73. The maximum atomic E-state index is 12.7. The first kappa shape index (κ1) is 26.8. The van der Waals surface area contributed by atoms with Crippen molar-refractivity contribution in [1.29, 1.82) is 5.26 Å². The Bertz CT molecular complexity index is 1350. The highest BCUT2D eigenvalue weighted by Crippen LogP contribution is 2.35. The zero-order chi connectivity index (χ0) is 26.2. The first-order chi connectivity index (χ1) is 17.2. The molecule has 0 saturated carbocycles. The fourth-order valence-electron chi connectivity index (χ4n) is 3.02. The highest BCUT2D eigenvalue weighted by molar-refractivity contribution is 6.40. The molecule has 11 heteroatoms. The fourth-order valence-corrected chi connectivity index (χ4v) is 3.72. The highest BCUT2D eigenvalue weighted by atomic mass is 35.5. The minimum Gasteiger partial charge on any atom is -0.490 e. The van der Waals surface area contributed by atoms with Crippen molar-refractivity contribution in [2.75, 3.05) is 11.9 Å². The number of nitrogens with one attached hydrogen (secondary N) is 1. The molecule has 0 aromatic heterocycles. The molecule has 3 rings (SSSR count). The van der Waals surface area contributed by atoms with Crippen LogP contribution in [0.15, 0.2) is 60.2 Å². The molecule has 0 saturated heterocycles. The van der Waals surface area contributed by atoms with Crippen LogP contribution in [-0.2, 0) is 11.4 Å². The van der Waals surface area contributed by atoms with E-state index in [0.29, 0.717) is 28.7 Å². The van der Waals surface area contributed by atoms with Gasteiger partial charge >= 0.3 is 0 Å². The summed E-state index contributed by atoms with van der Waals surface area (Å²) >= 11 is 18.0. The maximum absolute atomic E-state index is 12.7. The Labute approximate surface area is 221 Å². The Hall–Kier alpha value is -3.77. The summed E-state index contributed by atoms with van der Waals surface area (Å²) in [5, 5.41) is 23.3. The van der Waals surface area contributed by atoms with Gasteiger partial charge in [0, 0.05) is 17.2 Å². The van der Waals surface area contributed by atoms with Gasteiger partial charge in [0.25, 0.3) is 11.6 Å². The highest BCUT2D eigenvalue weighted by Gasteiger charge is 2.18. The van der Waals surface area contributed by atoms with E-state index in [2.05, 4.69) is 5.32 Å². The summed E-state index contributed by atoms with van der Waals surface area (Å²) in [5.74, 6) is 0.117. The number of halogens is 3. The van der Waals surface area contributed by atoms with Crippen molar-refractivity contribution in [3.63, 3.8) is 0 Å². The average molecular weight is 547 g/mol. The van der Waals surface area contributed by atoms with Gasteiger partial charge in [0.1, 0.15) is 18.2 Å². The summed E-state index contributed by atoms with van der Waals surface area (Å²) < 4.78 is 11.5. The second-order valence-corrected chi connectivity index (χ2v) is 8.47. The lowest BCUT2D eigenvalue weighted by molar-refractivity contribution is -0.384. The van der Waals surface area contributed by atoms with Gasteiger partial charge in [0.05, 0.1) is 27.3 Å². The fraction of sp³-hybridized carbons (Fsp3) is 0.120. The number of hydrogen-bond donors (Lipinski definition) is 1. The van der Waals surface area contributed by atoms with Crippen LogP contribution in [0.5, 0.6) is 11.5 Å². The van der Waals surface area contributed by atoms with Crippen LogP contribution in [0.25, 0.3) is 6.08 Å². The summed E-state index contributed by atoms with van der Waals surface area (Å²) in [7, 11) is 0. The molecule has 3 aromatic rings. The molecule has 3 aromatic carbocycles. The molecule has 0 aliphatic rings. The van der Waals surface area contributed by atoms with Crippen molar-refractivity contribution in [2.45, 2.75) is 13.5 Å². The van der Waals surface area contributed by atoms with Gasteiger partial charge in [0.15, 0.2) is 11.5 Å². The molecule has 1 amide bonds. The molecule has 1 N–H and O–H groups in total. The van der Waals surface area contributed by atoms with Gasteiger partial charge < -0.3 is 14.8 Å². The number of nitro groups is 1. The van der Waals surface area contributed by atoms with Gasteiger partial charge in [-0.2, -0.15) is 5.26 Å². The number of anilines is 1. The molecule has 0 aliphatic carbocycles. The molecule has 0 atom stereocenters. The largest absolute Gasteiger partial charge is 0.490 e. The molecule has 0 fully saturated rings. The van der Waals surface area contributed by atoms with Crippen molar-refractivity contribution in [2.24, 2.45) is 0 Å². The maximum Gasteiger partial charge on any atom is 0.272 e. The summed E-state index contributed by atoms with van der Waals surface area (Å²) in [4.78, 5) is 23.0. The summed E-state index contributed by atoms with van der Waals surface area (Å²) in [6.45, 7) is 2.47. The van der Waals surface area contributed by atoms with E-state index < -0.39 is 10.8 Å². The van der Waals surface area contributed by atoms with Gasteiger partial charge in [0.2, 0.25) is 0 Å². The van der Waals surface area contributed by atoms with Crippen LogP contribution in [-0.4, -0.2) is 17.4 Å². The monoisotopic (exact) mass is 545 g/mol. The van der Waals surface area contributed by atoms with Crippen LogP contribution in [0.3, 0.4) is 0 Å². The molecular formula is C25H18Cl3N3O5. The minimum atomic E-state index is -0.795. The average Bonchev–Trinajstić information content (AvgIpc) is 2.85. The number of nitro benzene ring substituents is 1. The second-order valence-electron chi connectivity index (χ2n) is 7.22. The van der Waals surface area contributed by atoms with Crippen molar-refractivity contribution in [1.82, 2.24) is 0 Å². The Morgan fingerprint density at radius 3 is 2.31 bits per heavy atom. The zero-order valence-corrected chi connectivity index (χ0v) is 21.0. The molecule has 0 spiro atoms. The predicted molar refractivity (Wildman–Crippen MR) is 139 cm³/mol. The van der Waals surface area contributed by atoms with Crippen LogP contribution in [0.4, 0.5) is 11.4 Å². The van der Waals surface area contributed by atoms with Crippen molar-refractivity contribution in [3.05, 3.63) is 96.5 Å². The molecule has 0 aliphatic heterocycles. The van der Waals surface area contributed by atoms with Crippen LogP contribution < -0.4 is 14.8 Å². The predicted octanol–water partition coefficient (Wildman–Crippen LogP) is 7.08. The number of carbonyl (C=O) groups is 1. The van der Waals surface area contributed by atoms with E-state index >= 15 is 0 Å². The minimum absolute atomic E-state index is 0.0453. The van der Waals surface area contributed by atoms with Gasteiger partial charge in [-0.1, -0.05) is 53.0 Å². The normalized spacial score (nSPS) is 10.9. The number of nitriles is 1. The lowest BCUT2D eigenvalue weighted by Crippen LogP contribution is -2.14. The molecular weight excluding hydrogens is 529 g/mol. The SMILES string of the molecule is CCOc1cc(/C=C(\C#N)C(=O)Nc2c(Cl)cc([N+](=O)[O-])cc2Cl)ccc1OCc1ccc(Cl)cc1. The van der Waals surface area contributed by atoms with E-state index in [-0.39, 0.29) is 33.6 Å². The third-order valence-corrected chi connectivity index (χ3v) is 5.58. The number of amides is 1. The summed E-state index contributed by atoms with van der Waals surface area (Å²) in [6, 6.07) is 16.1. The van der Waals surface area contributed by atoms with Crippen molar-refractivity contribution >= 4 is 58.2 Å². The van der Waals surface area contributed by atoms with Gasteiger partial charge in [-0.25, -0.2) is 0 Å². The van der Waals surface area contributed by atoms with Crippen LogP contribution in [0, 0.1) is 21.4 Å². The van der Waals surface area contributed by atoms with E-state index in [4.69, 9.17) is 44.3 Å². The number of carbonyl (C=O) groups excluding carboxylic acids is 1. The summed E-state index contributed by atoms with van der Waals surface area (Å²) in [6.07, 6.45) is 1.36. The number of nitrogens with zero attached hydrogens (tertiary/aromatic N) is 2. The zero-order valence-electron chi connectivity index (χ0n) is 18.8. The Balaban J connectivity index is 1.81. The number of benzene rings is 3. The number of hydrogen-bond acceptors (Lipinski definition) is 6. The molecule has 0 bridgehead atoms.